The van der Waals surface area contributed by atoms with Crippen LogP contribution in [0.15, 0.2) is 84.9 Å². The van der Waals surface area contributed by atoms with E-state index >= 15 is 0 Å². The molecule has 0 aliphatic rings. The van der Waals surface area contributed by atoms with E-state index in [1.54, 1.807) is 38.5 Å². The van der Waals surface area contributed by atoms with Crippen molar-refractivity contribution >= 4 is 29.0 Å². The maximum absolute atomic E-state index is 14.8. The van der Waals surface area contributed by atoms with Crippen molar-refractivity contribution in [3.8, 4) is 23.0 Å². The highest BCUT2D eigenvalue weighted by Crippen LogP contribution is 2.41. The molecule has 0 aromatic heterocycles. The van der Waals surface area contributed by atoms with Gasteiger partial charge in [-0.1, -0.05) is 59.6 Å². The maximum atomic E-state index is 14.8. The first-order valence-electron chi connectivity index (χ1n) is 13.1. The second kappa shape index (κ2) is 13.6. The molecule has 0 bridgehead atoms. The van der Waals surface area contributed by atoms with Crippen LogP contribution in [0.25, 0.3) is 0 Å². The third kappa shape index (κ3) is 6.55. The molecule has 0 saturated carbocycles. The highest BCUT2D eigenvalue weighted by Gasteiger charge is 2.33. The maximum Gasteiger partial charge on any atom is 0.161 e. The Balaban J connectivity index is 1.91. The van der Waals surface area contributed by atoms with E-state index in [0.29, 0.717) is 46.3 Å². The minimum Gasteiger partial charge on any atom is -0.493 e. The Morgan fingerprint density at radius 2 is 0.925 bits per heavy atom. The minimum atomic E-state index is -0.639. The number of ether oxygens (including phenoxy) is 4. The number of carbonyl (C=O) groups is 1. The predicted molar refractivity (Wildman–Crippen MR) is 160 cm³/mol. The van der Waals surface area contributed by atoms with Gasteiger partial charge in [0.25, 0.3) is 0 Å². The van der Waals surface area contributed by atoms with E-state index in [1.165, 1.54) is 0 Å². The summed E-state index contributed by atoms with van der Waals surface area (Å²) in [5.74, 6) is 1.01. The van der Waals surface area contributed by atoms with E-state index in [1.807, 2.05) is 74.5 Å². The molecule has 0 spiro atoms. The molecule has 0 N–H and O–H groups in total. The van der Waals surface area contributed by atoms with Crippen molar-refractivity contribution in [2.45, 2.75) is 25.7 Å². The van der Waals surface area contributed by atoms with Gasteiger partial charge in [-0.3, -0.25) is 4.79 Å². The van der Waals surface area contributed by atoms with Gasteiger partial charge in [0, 0.05) is 10.0 Å². The molecule has 40 heavy (non-hydrogen) atoms. The lowest BCUT2D eigenvalue weighted by atomic mass is 9.77. The fourth-order valence-corrected chi connectivity index (χ4v) is 5.05. The summed E-state index contributed by atoms with van der Waals surface area (Å²) in [6.07, 6.45) is 0. The second-order valence-corrected chi connectivity index (χ2v) is 9.93. The molecule has 4 rings (SSSR count). The number of rotatable bonds is 12. The minimum absolute atomic E-state index is 0.0397. The van der Waals surface area contributed by atoms with Gasteiger partial charge in [-0.05, 0) is 84.6 Å². The highest BCUT2D eigenvalue weighted by atomic mass is 35.5. The molecule has 7 heteroatoms. The molecule has 0 radical (unpaired) electrons. The van der Waals surface area contributed by atoms with Crippen molar-refractivity contribution in [2.75, 3.05) is 27.4 Å². The number of methoxy groups -OCH3 is 2. The molecule has 5 nitrogen and oxygen atoms in total. The van der Waals surface area contributed by atoms with Gasteiger partial charge in [-0.15, -0.1) is 0 Å². The molecule has 0 amide bonds. The van der Waals surface area contributed by atoms with Crippen LogP contribution in [-0.2, 0) is 4.79 Å². The number of benzene rings is 4. The van der Waals surface area contributed by atoms with E-state index in [2.05, 4.69) is 0 Å². The Labute approximate surface area is 245 Å². The molecule has 0 heterocycles. The Kier molecular flexibility index (Phi) is 9.97. The Hall–Kier alpha value is -3.67. The molecule has 208 valence electrons. The van der Waals surface area contributed by atoms with Gasteiger partial charge < -0.3 is 18.9 Å². The monoisotopic (exact) mass is 578 g/mol. The smallest absolute Gasteiger partial charge is 0.161 e. The number of hydrogen-bond acceptors (Lipinski definition) is 5. The number of carbonyl (C=O) groups excluding carboxylic acids is 1. The van der Waals surface area contributed by atoms with Crippen LogP contribution in [0, 0.1) is 0 Å². The van der Waals surface area contributed by atoms with Gasteiger partial charge in [-0.25, -0.2) is 0 Å². The molecular weight excluding hydrogens is 547 g/mol. The molecule has 2 atom stereocenters. The lowest BCUT2D eigenvalue weighted by Crippen LogP contribution is -2.23. The van der Waals surface area contributed by atoms with Gasteiger partial charge in [0.15, 0.2) is 28.8 Å². The molecular formula is C33H32Cl2O5. The third-order valence-electron chi connectivity index (χ3n) is 6.62. The molecule has 0 fully saturated rings. The molecule has 0 saturated heterocycles. The van der Waals surface area contributed by atoms with Crippen LogP contribution in [0.2, 0.25) is 10.0 Å². The topological polar surface area (TPSA) is 54.0 Å². The van der Waals surface area contributed by atoms with Crippen LogP contribution in [0.5, 0.6) is 23.0 Å². The van der Waals surface area contributed by atoms with Crippen LogP contribution in [0.3, 0.4) is 0 Å². The summed E-state index contributed by atoms with van der Waals surface area (Å²) in [4.78, 5) is 14.8. The van der Waals surface area contributed by atoms with Crippen LogP contribution in [-0.4, -0.2) is 33.2 Å². The second-order valence-electron chi connectivity index (χ2n) is 9.06. The molecule has 2 unspecified atom stereocenters. The lowest BCUT2D eigenvalue weighted by Gasteiger charge is -2.26. The van der Waals surface area contributed by atoms with E-state index in [0.717, 1.165) is 22.3 Å². The van der Waals surface area contributed by atoms with Crippen LogP contribution < -0.4 is 18.9 Å². The Morgan fingerprint density at radius 1 is 0.575 bits per heavy atom. The van der Waals surface area contributed by atoms with Crippen molar-refractivity contribution in [3.05, 3.63) is 117 Å². The summed E-state index contributed by atoms with van der Waals surface area (Å²) in [7, 11) is 3.17. The average Bonchev–Trinajstić information content (AvgIpc) is 2.97. The number of halogens is 2. The zero-order valence-electron chi connectivity index (χ0n) is 22.9. The van der Waals surface area contributed by atoms with Crippen molar-refractivity contribution in [1.82, 2.24) is 0 Å². The fourth-order valence-electron chi connectivity index (χ4n) is 4.80. The highest BCUT2D eigenvalue weighted by molar-refractivity contribution is 6.30. The summed E-state index contributed by atoms with van der Waals surface area (Å²) in [6, 6.07) is 25.9. The van der Waals surface area contributed by atoms with E-state index in [4.69, 9.17) is 42.1 Å². The van der Waals surface area contributed by atoms with Gasteiger partial charge in [-0.2, -0.15) is 0 Å². The van der Waals surface area contributed by atoms with Gasteiger partial charge in [0.05, 0.1) is 39.3 Å². The van der Waals surface area contributed by atoms with Crippen molar-refractivity contribution in [3.63, 3.8) is 0 Å². The first-order valence-corrected chi connectivity index (χ1v) is 13.8. The molecule has 0 aliphatic carbocycles. The van der Waals surface area contributed by atoms with Crippen molar-refractivity contribution < 1.29 is 23.7 Å². The van der Waals surface area contributed by atoms with Crippen LogP contribution in [0.1, 0.15) is 47.9 Å². The summed E-state index contributed by atoms with van der Waals surface area (Å²) < 4.78 is 22.7. The standard InChI is InChI=1S/C33H32Cl2O5/c1-5-39-27-17-11-23(19-29(27)37-3)31(21-7-13-25(34)14-8-21)33(36)32(22-9-15-26(35)16-10-22)24-12-18-28(40-6-2)30(20-24)38-4/h7-20,31-32H,5-6H2,1-4H3. The first-order chi connectivity index (χ1) is 19.4. The zero-order valence-corrected chi connectivity index (χ0v) is 24.5. The lowest BCUT2D eigenvalue weighted by molar-refractivity contribution is -0.120. The SMILES string of the molecule is CCOc1ccc(C(C(=O)C(c2ccc(Cl)cc2)c2ccc(OCC)c(OC)c2)c2ccc(Cl)cc2)cc1OC. The molecule has 4 aromatic rings. The van der Waals surface area contributed by atoms with E-state index < -0.39 is 11.8 Å². The van der Waals surface area contributed by atoms with Gasteiger partial charge in [0.1, 0.15) is 0 Å². The summed E-state index contributed by atoms with van der Waals surface area (Å²) in [5, 5.41) is 1.18. The van der Waals surface area contributed by atoms with Crippen molar-refractivity contribution in [1.29, 1.82) is 0 Å². The fraction of sp³-hybridized carbons (Fsp3) is 0.242. The van der Waals surface area contributed by atoms with Gasteiger partial charge >= 0.3 is 0 Å². The molecule has 4 aromatic carbocycles. The zero-order chi connectivity index (χ0) is 28.6. The normalized spacial score (nSPS) is 12.3. The third-order valence-corrected chi connectivity index (χ3v) is 7.12. The number of ketones is 1. The summed E-state index contributed by atoms with van der Waals surface area (Å²) in [5.41, 5.74) is 3.14. The van der Waals surface area contributed by atoms with Crippen molar-refractivity contribution in [2.24, 2.45) is 0 Å². The summed E-state index contributed by atoms with van der Waals surface area (Å²) >= 11 is 12.5. The Morgan fingerprint density at radius 3 is 1.25 bits per heavy atom. The van der Waals surface area contributed by atoms with E-state index in [-0.39, 0.29) is 5.78 Å². The number of hydrogen-bond donors (Lipinski definition) is 0. The predicted octanol–water partition coefficient (Wildman–Crippen LogP) is 8.34. The van der Waals surface area contributed by atoms with Crippen LogP contribution in [0.4, 0.5) is 0 Å². The first kappa shape index (κ1) is 29.3. The summed E-state index contributed by atoms with van der Waals surface area (Å²) in [6.45, 7) is 4.81. The Bertz CT molecular complexity index is 1330. The van der Waals surface area contributed by atoms with Gasteiger partial charge in [0.2, 0.25) is 0 Å². The average molecular weight is 580 g/mol. The van der Waals surface area contributed by atoms with E-state index in [9.17, 15) is 4.79 Å². The largest absolute Gasteiger partial charge is 0.493 e. The number of Topliss-reactive ketones (excluding diaryl/α,β-unsaturated/α-hetero) is 1. The van der Waals surface area contributed by atoms with Crippen LogP contribution >= 0.6 is 23.2 Å². The molecule has 0 aliphatic heterocycles. The quantitative estimate of drug-likeness (QED) is 0.169.